The predicted octanol–water partition coefficient (Wildman–Crippen LogP) is 2.23. The molecule has 7 nitrogen and oxygen atoms in total. The van der Waals surface area contributed by atoms with Gasteiger partial charge in [0.05, 0.1) is 25.1 Å². The van der Waals surface area contributed by atoms with Crippen molar-refractivity contribution in [3.8, 4) is 17.0 Å². The van der Waals surface area contributed by atoms with Crippen molar-refractivity contribution in [2.45, 2.75) is 12.8 Å². The van der Waals surface area contributed by atoms with Gasteiger partial charge in [-0.1, -0.05) is 0 Å². The second-order valence-electron chi connectivity index (χ2n) is 5.88. The Bertz CT molecular complexity index is 941. The highest BCUT2D eigenvalue weighted by Gasteiger charge is 2.30. The lowest BCUT2D eigenvalue weighted by Gasteiger charge is -2.07. The van der Waals surface area contributed by atoms with Crippen molar-refractivity contribution in [3.63, 3.8) is 0 Å². The largest absolute Gasteiger partial charge is 0.493 e. The van der Waals surface area contributed by atoms with Crippen molar-refractivity contribution in [2.75, 3.05) is 12.4 Å². The minimum Gasteiger partial charge on any atom is -0.493 e. The number of halogens is 1. The molecule has 4 rings (SSSR count). The van der Waals surface area contributed by atoms with Crippen LogP contribution in [0.15, 0.2) is 24.7 Å². The van der Waals surface area contributed by atoms with E-state index in [9.17, 15) is 9.18 Å². The van der Waals surface area contributed by atoms with Gasteiger partial charge in [0, 0.05) is 25.2 Å². The molecule has 0 radical (unpaired) electrons. The van der Waals surface area contributed by atoms with Crippen LogP contribution >= 0.6 is 0 Å². The second kappa shape index (κ2) is 5.33. The minimum absolute atomic E-state index is 0.0348. The van der Waals surface area contributed by atoms with Crippen LogP contribution < -0.4 is 10.1 Å². The van der Waals surface area contributed by atoms with Gasteiger partial charge in [0.15, 0.2) is 11.6 Å². The monoisotopic (exact) mass is 329 g/mol. The zero-order valence-electron chi connectivity index (χ0n) is 13.3. The van der Waals surface area contributed by atoms with E-state index in [2.05, 4.69) is 15.4 Å². The topological polar surface area (TPSA) is 73.5 Å². The molecular formula is C16H16FN5O2. The number of amides is 1. The van der Waals surface area contributed by atoms with Gasteiger partial charge in [0.1, 0.15) is 17.2 Å². The minimum atomic E-state index is -0.435. The maximum atomic E-state index is 14.6. The first-order valence-corrected chi connectivity index (χ1v) is 7.62. The standard InChI is InChI=1S/C16H16FN5O2/c1-21-15(12(24-2)6-18-21)10-7-22-8-13(19-14(22)5-11(10)17)20-16(23)9-3-4-9/h5-9H,3-4H2,1-2H3,(H,20,23). The number of aryl methyl sites for hydroxylation is 1. The summed E-state index contributed by atoms with van der Waals surface area (Å²) in [7, 11) is 3.23. The molecule has 0 spiro atoms. The Balaban J connectivity index is 1.76. The molecule has 1 aliphatic rings. The number of aromatic nitrogens is 4. The Morgan fingerprint density at radius 1 is 1.42 bits per heavy atom. The molecule has 0 bridgehead atoms. The quantitative estimate of drug-likeness (QED) is 0.796. The summed E-state index contributed by atoms with van der Waals surface area (Å²) in [6.07, 6.45) is 6.65. The van der Waals surface area contributed by atoms with E-state index in [4.69, 9.17) is 4.74 Å². The molecule has 124 valence electrons. The second-order valence-corrected chi connectivity index (χ2v) is 5.88. The molecule has 1 N–H and O–H groups in total. The van der Waals surface area contributed by atoms with Crippen LogP contribution in [0.3, 0.4) is 0 Å². The van der Waals surface area contributed by atoms with E-state index >= 15 is 0 Å². The normalized spacial score (nSPS) is 14.1. The number of methoxy groups -OCH3 is 1. The van der Waals surface area contributed by atoms with Gasteiger partial charge >= 0.3 is 0 Å². The van der Waals surface area contributed by atoms with Crippen LogP contribution in [0.4, 0.5) is 10.2 Å². The fourth-order valence-electron chi connectivity index (χ4n) is 2.69. The average Bonchev–Trinajstić information content (AvgIpc) is 3.24. The molecule has 0 aromatic carbocycles. The Hall–Kier alpha value is -2.90. The van der Waals surface area contributed by atoms with Crippen molar-refractivity contribution < 1.29 is 13.9 Å². The van der Waals surface area contributed by atoms with Gasteiger partial charge in [-0.25, -0.2) is 9.37 Å². The van der Waals surface area contributed by atoms with Gasteiger partial charge in [0.2, 0.25) is 5.91 Å². The predicted molar refractivity (Wildman–Crippen MR) is 85.3 cm³/mol. The van der Waals surface area contributed by atoms with E-state index in [-0.39, 0.29) is 11.8 Å². The van der Waals surface area contributed by atoms with Crippen LogP contribution in [0.25, 0.3) is 16.9 Å². The van der Waals surface area contributed by atoms with Gasteiger partial charge in [-0.05, 0) is 12.8 Å². The molecule has 24 heavy (non-hydrogen) atoms. The number of carbonyl (C=O) groups excluding carboxylic acids is 1. The molecule has 3 aromatic heterocycles. The summed E-state index contributed by atoms with van der Waals surface area (Å²) in [5, 5.41) is 6.86. The zero-order chi connectivity index (χ0) is 16.8. The van der Waals surface area contributed by atoms with Crippen molar-refractivity contribution in [3.05, 3.63) is 30.5 Å². The summed E-state index contributed by atoms with van der Waals surface area (Å²) in [6, 6.07) is 1.33. The number of hydrogen-bond acceptors (Lipinski definition) is 4. The third-order valence-corrected chi connectivity index (χ3v) is 4.12. The molecule has 1 saturated carbocycles. The number of rotatable bonds is 4. The zero-order valence-corrected chi connectivity index (χ0v) is 13.3. The summed E-state index contributed by atoms with van der Waals surface area (Å²) in [5.74, 6) is 0.516. The summed E-state index contributed by atoms with van der Waals surface area (Å²) >= 11 is 0. The molecule has 1 fully saturated rings. The number of carbonyl (C=O) groups is 1. The molecule has 3 heterocycles. The highest BCUT2D eigenvalue weighted by molar-refractivity contribution is 5.93. The number of pyridine rings is 1. The molecule has 0 saturated heterocycles. The van der Waals surface area contributed by atoms with Crippen molar-refractivity contribution in [2.24, 2.45) is 13.0 Å². The number of nitrogens with zero attached hydrogens (tertiary/aromatic N) is 4. The van der Waals surface area contributed by atoms with Gasteiger partial charge in [-0.2, -0.15) is 5.10 Å². The fourth-order valence-corrected chi connectivity index (χ4v) is 2.69. The number of hydrogen-bond donors (Lipinski definition) is 1. The first-order valence-electron chi connectivity index (χ1n) is 7.62. The Labute approximate surface area is 137 Å². The van der Waals surface area contributed by atoms with E-state index in [1.165, 1.54) is 19.4 Å². The molecule has 1 aliphatic carbocycles. The van der Waals surface area contributed by atoms with Crippen LogP contribution in [0.1, 0.15) is 12.8 Å². The Morgan fingerprint density at radius 2 is 2.21 bits per heavy atom. The lowest BCUT2D eigenvalue weighted by molar-refractivity contribution is -0.117. The van der Waals surface area contributed by atoms with Gasteiger partial charge in [0.25, 0.3) is 0 Å². The van der Waals surface area contributed by atoms with Crippen LogP contribution in [-0.4, -0.2) is 32.2 Å². The SMILES string of the molecule is COc1cnn(C)c1-c1cn2cc(NC(=O)C3CC3)nc2cc1F. The molecule has 0 unspecified atom stereocenters. The van der Waals surface area contributed by atoms with Gasteiger partial charge in [-0.3, -0.25) is 9.48 Å². The van der Waals surface area contributed by atoms with Crippen molar-refractivity contribution in [1.29, 1.82) is 0 Å². The molecule has 0 aliphatic heterocycles. The fraction of sp³-hybridized carbons (Fsp3) is 0.312. The first kappa shape index (κ1) is 14.7. The summed E-state index contributed by atoms with van der Waals surface area (Å²) in [5.41, 5.74) is 1.30. The van der Waals surface area contributed by atoms with E-state index < -0.39 is 5.82 Å². The van der Waals surface area contributed by atoms with E-state index in [1.807, 2.05) is 0 Å². The Kier molecular flexibility index (Phi) is 3.26. The highest BCUT2D eigenvalue weighted by Crippen LogP contribution is 2.32. The number of fused-ring (bicyclic) bond motifs is 1. The average molecular weight is 329 g/mol. The molecule has 3 aromatic rings. The van der Waals surface area contributed by atoms with Crippen LogP contribution in [0.5, 0.6) is 5.75 Å². The molecular weight excluding hydrogens is 313 g/mol. The maximum absolute atomic E-state index is 14.6. The Morgan fingerprint density at radius 3 is 2.92 bits per heavy atom. The van der Waals surface area contributed by atoms with Crippen LogP contribution in [-0.2, 0) is 11.8 Å². The number of anilines is 1. The number of ether oxygens (including phenoxy) is 1. The third kappa shape index (κ3) is 2.40. The van der Waals surface area contributed by atoms with Crippen molar-refractivity contribution in [1.82, 2.24) is 19.2 Å². The van der Waals surface area contributed by atoms with E-state index in [0.717, 1.165) is 12.8 Å². The molecule has 8 heteroatoms. The number of imidazole rings is 1. The highest BCUT2D eigenvalue weighted by atomic mass is 19.1. The maximum Gasteiger partial charge on any atom is 0.228 e. The third-order valence-electron chi connectivity index (χ3n) is 4.12. The smallest absolute Gasteiger partial charge is 0.228 e. The number of nitrogens with one attached hydrogen (secondary N) is 1. The van der Waals surface area contributed by atoms with E-state index in [0.29, 0.717) is 28.5 Å². The van der Waals surface area contributed by atoms with Gasteiger partial charge in [-0.15, -0.1) is 0 Å². The first-order chi connectivity index (χ1) is 11.6. The molecule has 0 atom stereocenters. The van der Waals surface area contributed by atoms with Crippen LogP contribution in [0.2, 0.25) is 0 Å². The lowest BCUT2D eigenvalue weighted by atomic mass is 10.2. The lowest BCUT2D eigenvalue weighted by Crippen LogP contribution is -2.13. The van der Waals surface area contributed by atoms with Gasteiger partial charge < -0.3 is 14.5 Å². The molecule has 1 amide bonds. The summed E-state index contributed by atoms with van der Waals surface area (Å²) in [6.45, 7) is 0. The summed E-state index contributed by atoms with van der Waals surface area (Å²) in [4.78, 5) is 16.1. The van der Waals surface area contributed by atoms with E-state index in [1.54, 1.807) is 28.5 Å². The van der Waals surface area contributed by atoms with Crippen molar-refractivity contribution >= 4 is 17.4 Å². The summed E-state index contributed by atoms with van der Waals surface area (Å²) < 4.78 is 23.0. The van der Waals surface area contributed by atoms with Crippen LogP contribution in [0, 0.1) is 11.7 Å².